The average Bonchev–Trinajstić information content (AvgIpc) is 2.61. The van der Waals surface area contributed by atoms with Gasteiger partial charge in [-0.1, -0.05) is 33.3 Å². The highest BCUT2D eigenvalue weighted by Crippen LogP contribution is 2.66. The first-order valence-corrected chi connectivity index (χ1v) is 12.5. The molecule has 26 heavy (non-hydrogen) atoms. The van der Waals surface area contributed by atoms with Crippen LogP contribution in [0.15, 0.2) is 18.2 Å². The second-order valence-corrected chi connectivity index (χ2v) is 12.7. The Bertz CT molecular complexity index is 650. The normalized spacial score (nSPS) is 33.1. The number of hydrogen-bond acceptors (Lipinski definition) is 3. The van der Waals surface area contributed by atoms with E-state index in [4.69, 9.17) is 0 Å². The molecule has 0 radical (unpaired) electrons. The summed E-state index contributed by atoms with van der Waals surface area (Å²) in [4.78, 5) is 0. The van der Waals surface area contributed by atoms with Crippen LogP contribution in [0.1, 0.15) is 76.3 Å². The van der Waals surface area contributed by atoms with E-state index in [1.54, 1.807) is 5.56 Å². The van der Waals surface area contributed by atoms with Crippen LogP contribution in [0.3, 0.4) is 0 Å². The van der Waals surface area contributed by atoms with Gasteiger partial charge in [-0.15, -0.1) is 23.5 Å². The summed E-state index contributed by atoms with van der Waals surface area (Å²) in [7, 11) is 0. The molecule has 1 saturated carbocycles. The summed E-state index contributed by atoms with van der Waals surface area (Å²) in [6, 6.07) is 6.22. The van der Waals surface area contributed by atoms with Crippen molar-refractivity contribution in [3.8, 4) is 5.75 Å². The Balaban J connectivity index is 1.71. The van der Waals surface area contributed by atoms with Crippen molar-refractivity contribution >= 4 is 23.5 Å². The largest absolute Gasteiger partial charge is 0.508 e. The highest BCUT2D eigenvalue weighted by atomic mass is 32.2. The average molecular weight is 391 g/mol. The Kier molecular flexibility index (Phi) is 5.33. The molecule has 0 bridgehead atoms. The molecule has 4 rings (SSSR count). The number of aryl methyl sites for hydroxylation is 1. The fourth-order valence-electron chi connectivity index (χ4n) is 5.74. The molecule has 1 saturated heterocycles. The van der Waals surface area contributed by atoms with Gasteiger partial charge in [0, 0.05) is 0 Å². The number of rotatable bonds is 3. The standard InChI is InChI=1S/C23H34OS2/c1-16(2)5-6-18-14-23(25-11-4-12-26-23)15-21-20-8-7-19(24)13-17(20)9-10-22(18,21)3/h7-8,13,16,18,21,24H,4-6,9-12,14-15H2,1-3H3. The summed E-state index contributed by atoms with van der Waals surface area (Å²) in [6.45, 7) is 7.35. The van der Waals surface area contributed by atoms with Crippen molar-refractivity contribution in [1.82, 2.24) is 0 Å². The smallest absolute Gasteiger partial charge is 0.115 e. The van der Waals surface area contributed by atoms with Crippen molar-refractivity contribution in [3.63, 3.8) is 0 Å². The van der Waals surface area contributed by atoms with Gasteiger partial charge >= 0.3 is 0 Å². The quantitative estimate of drug-likeness (QED) is 0.610. The third-order valence-electron chi connectivity index (χ3n) is 7.35. The summed E-state index contributed by atoms with van der Waals surface area (Å²) in [5.41, 5.74) is 3.40. The van der Waals surface area contributed by atoms with E-state index < -0.39 is 0 Å². The summed E-state index contributed by atoms with van der Waals surface area (Å²) >= 11 is 4.54. The summed E-state index contributed by atoms with van der Waals surface area (Å²) in [5.74, 6) is 5.43. The molecule has 0 aromatic heterocycles. The molecular formula is C23H34OS2. The number of phenolic OH excluding ortho intramolecular Hbond substituents is 1. The minimum Gasteiger partial charge on any atom is -0.508 e. The highest BCUT2D eigenvalue weighted by molar-refractivity contribution is 8.18. The van der Waals surface area contributed by atoms with E-state index in [9.17, 15) is 5.11 Å². The van der Waals surface area contributed by atoms with Gasteiger partial charge in [-0.25, -0.2) is 0 Å². The molecule has 0 amide bonds. The van der Waals surface area contributed by atoms with Gasteiger partial charge in [0.2, 0.25) is 0 Å². The molecule has 3 atom stereocenters. The number of phenols is 1. The van der Waals surface area contributed by atoms with Crippen molar-refractivity contribution in [2.45, 2.75) is 75.7 Å². The second kappa shape index (κ2) is 7.28. The maximum atomic E-state index is 9.98. The van der Waals surface area contributed by atoms with Gasteiger partial charge in [0.15, 0.2) is 0 Å². The van der Waals surface area contributed by atoms with Gasteiger partial charge in [-0.3, -0.25) is 0 Å². The zero-order chi connectivity index (χ0) is 18.4. The van der Waals surface area contributed by atoms with Crippen LogP contribution in [0.4, 0.5) is 0 Å². The minimum atomic E-state index is 0.433. The molecule has 1 N–H and O–H groups in total. The van der Waals surface area contributed by atoms with Crippen LogP contribution in [0.5, 0.6) is 5.75 Å². The Morgan fingerprint density at radius 2 is 1.96 bits per heavy atom. The van der Waals surface area contributed by atoms with E-state index in [-0.39, 0.29) is 0 Å². The molecule has 1 nitrogen and oxygen atoms in total. The van der Waals surface area contributed by atoms with Gasteiger partial charge in [-0.05, 0) is 96.5 Å². The lowest BCUT2D eigenvalue weighted by Crippen LogP contribution is -2.49. The van der Waals surface area contributed by atoms with Gasteiger partial charge in [-0.2, -0.15) is 0 Å². The molecule has 144 valence electrons. The Hall–Kier alpha value is -0.280. The molecule has 3 unspecified atom stereocenters. The second-order valence-electron chi connectivity index (χ2n) is 9.48. The maximum absolute atomic E-state index is 9.98. The van der Waals surface area contributed by atoms with E-state index in [0.717, 1.165) is 18.3 Å². The number of thioether (sulfide) groups is 2. The van der Waals surface area contributed by atoms with E-state index in [1.807, 2.05) is 12.1 Å². The molecule has 1 heterocycles. The fourth-order valence-corrected chi connectivity index (χ4v) is 9.28. The molecule has 1 aromatic carbocycles. The van der Waals surface area contributed by atoms with Crippen LogP contribution in [-0.4, -0.2) is 20.7 Å². The molecule has 1 spiro atoms. The maximum Gasteiger partial charge on any atom is 0.115 e. The van der Waals surface area contributed by atoms with Crippen LogP contribution < -0.4 is 0 Å². The minimum absolute atomic E-state index is 0.433. The lowest BCUT2D eigenvalue weighted by Gasteiger charge is -2.58. The van der Waals surface area contributed by atoms with Gasteiger partial charge in [0.05, 0.1) is 4.08 Å². The number of benzene rings is 1. The molecule has 1 aliphatic heterocycles. The van der Waals surface area contributed by atoms with Crippen LogP contribution >= 0.6 is 23.5 Å². The third-order valence-corrected chi connectivity index (χ3v) is 10.8. The number of fused-ring (bicyclic) bond motifs is 3. The van der Waals surface area contributed by atoms with E-state index in [1.165, 1.54) is 55.6 Å². The zero-order valence-corrected chi connectivity index (χ0v) is 18.2. The Morgan fingerprint density at radius 1 is 1.19 bits per heavy atom. The van der Waals surface area contributed by atoms with E-state index in [0.29, 0.717) is 21.2 Å². The number of hydrogen-bond donors (Lipinski definition) is 1. The first-order valence-electron chi connectivity index (χ1n) is 10.5. The first-order chi connectivity index (χ1) is 12.4. The predicted molar refractivity (Wildman–Crippen MR) is 116 cm³/mol. The highest BCUT2D eigenvalue weighted by Gasteiger charge is 2.54. The van der Waals surface area contributed by atoms with Crippen molar-refractivity contribution in [2.75, 3.05) is 11.5 Å². The topological polar surface area (TPSA) is 20.2 Å². The summed E-state index contributed by atoms with van der Waals surface area (Å²) < 4.78 is 0.441. The third kappa shape index (κ3) is 3.43. The van der Waals surface area contributed by atoms with Crippen molar-refractivity contribution < 1.29 is 5.11 Å². The molecular weight excluding hydrogens is 356 g/mol. The van der Waals surface area contributed by atoms with Gasteiger partial charge in [0.25, 0.3) is 0 Å². The van der Waals surface area contributed by atoms with Gasteiger partial charge in [0.1, 0.15) is 5.75 Å². The predicted octanol–water partition coefficient (Wildman–Crippen LogP) is 6.84. The summed E-state index contributed by atoms with van der Waals surface area (Å²) in [5, 5.41) is 9.98. The lowest BCUT2D eigenvalue weighted by atomic mass is 9.53. The first kappa shape index (κ1) is 19.1. The van der Waals surface area contributed by atoms with Crippen molar-refractivity contribution in [2.24, 2.45) is 17.3 Å². The SMILES string of the molecule is CC(C)CCC1CC2(CC3c4ccc(O)cc4CCC13C)SCCCS2. The van der Waals surface area contributed by atoms with Gasteiger partial charge < -0.3 is 5.11 Å². The Morgan fingerprint density at radius 3 is 2.69 bits per heavy atom. The van der Waals surface area contributed by atoms with E-state index >= 15 is 0 Å². The fraction of sp³-hybridized carbons (Fsp3) is 0.739. The number of aromatic hydroxyl groups is 1. The van der Waals surface area contributed by atoms with Crippen molar-refractivity contribution in [1.29, 1.82) is 0 Å². The summed E-state index contributed by atoms with van der Waals surface area (Å²) in [6.07, 6.45) is 9.30. The van der Waals surface area contributed by atoms with E-state index in [2.05, 4.69) is 50.4 Å². The van der Waals surface area contributed by atoms with Crippen LogP contribution in [0.25, 0.3) is 0 Å². The molecule has 3 aliphatic rings. The lowest BCUT2D eigenvalue weighted by molar-refractivity contribution is 0.0535. The molecule has 1 aromatic rings. The molecule has 2 aliphatic carbocycles. The van der Waals surface area contributed by atoms with Crippen LogP contribution in [0, 0.1) is 17.3 Å². The van der Waals surface area contributed by atoms with Crippen molar-refractivity contribution in [3.05, 3.63) is 29.3 Å². The molecule has 3 heteroatoms. The van der Waals surface area contributed by atoms with Crippen LogP contribution in [-0.2, 0) is 6.42 Å². The van der Waals surface area contributed by atoms with Crippen LogP contribution in [0.2, 0.25) is 0 Å². The monoisotopic (exact) mass is 390 g/mol. The Labute approximate surface area is 168 Å². The zero-order valence-electron chi connectivity index (χ0n) is 16.6. The molecule has 2 fully saturated rings.